The Balaban J connectivity index is 3.09. The molecule has 4 heteroatoms. The summed E-state index contributed by atoms with van der Waals surface area (Å²) >= 11 is 0. The molecule has 1 unspecified atom stereocenters. The van der Waals surface area contributed by atoms with Crippen LogP contribution in [0.1, 0.15) is 56.6 Å². The molecule has 0 saturated carbocycles. The first kappa shape index (κ1) is 16.5. The molecule has 20 heavy (non-hydrogen) atoms. The number of aromatic carboxylic acids is 1. The zero-order valence-electron chi connectivity index (χ0n) is 13.0. The van der Waals surface area contributed by atoms with E-state index in [-0.39, 0.29) is 0 Å². The van der Waals surface area contributed by atoms with Gasteiger partial charge in [0.15, 0.2) is 0 Å². The van der Waals surface area contributed by atoms with Gasteiger partial charge in [-0.05, 0) is 31.4 Å². The topological polar surface area (TPSA) is 53.4 Å². The maximum Gasteiger partial charge on any atom is 0.335 e. The molecule has 1 aromatic heterocycles. The second-order valence-electron chi connectivity index (χ2n) is 5.31. The predicted molar refractivity (Wildman–Crippen MR) is 82.5 cm³/mol. The van der Waals surface area contributed by atoms with Crippen LogP contribution in [0.4, 0.5) is 5.82 Å². The smallest absolute Gasteiger partial charge is 0.335 e. The van der Waals surface area contributed by atoms with Crippen molar-refractivity contribution in [1.29, 1.82) is 0 Å². The van der Waals surface area contributed by atoms with Crippen LogP contribution < -0.4 is 4.90 Å². The van der Waals surface area contributed by atoms with Gasteiger partial charge in [-0.1, -0.05) is 33.6 Å². The number of hydrogen-bond acceptors (Lipinski definition) is 3. The average molecular weight is 278 g/mol. The second kappa shape index (κ2) is 7.88. The fourth-order valence-electron chi connectivity index (χ4n) is 2.13. The van der Waals surface area contributed by atoms with Crippen molar-refractivity contribution in [3.63, 3.8) is 0 Å². The van der Waals surface area contributed by atoms with Crippen LogP contribution >= 0.6 is 0 Å². The predicted octanol–water partition coefficient (Wildman–Crippen LogP) is 3.60. The number of hydrogen-bond donors (Lipinski definition) is 1. The summed E-state index contributed by atoms with van der Waals surface area (Å²) in [5.74, 6) is 0.474. The maximum absolute atomic E-state index is 11.3. The Kier molecular flexibility index (Phi) is 6.49. The summed E-state index contributed by atoms with van der Waals surface area (Å²) in [5, 5.41) is 9.24. The first-order valence-electron chi connectivity index (χ1n) is 7.50. The summed E-state index contributed by atoms with van der Waals surface area (Å²) in [6.45, 7) is 10.3. The molecule has 1 heterocycles. The van der Waals surface area contributed by atoms with Crippen molar-refractivity contribution in [2.45, 2.75) is 47.0 Å². The molecule has 0 fully saturated rings. The zero-order valence-corrected chi connectivity index (χ0v) is 13.0. The standard InChI is InChI=1S/C16H26N2O2/c1-5-8-14-9-13(16(19)20)10-15(17-14)18(7-3)11-12(4)6-2/h9-10,12H,5-8,11H2,1-4H3,(H,19,20). The first-order valence-corrected chi connectivity index (χ1v) is 7.50. The van der Waals surface area contributed by atoms with E-state index in [1.807, 2.05) is 0 Å². The third kappa shape index (κ3) is 4.51. The fourth-order valence-corrected chi connectivity index (χ4v) is 2.13. The normalized spacial score (nSPS) is 12.2. The monoisotopic (exact) mass is 278 g/mol. The zero-order chi connectivity index (χ0) is 15.1. The molecule has 0 saturated heterocycles. The van der Waals surface area contributed by atoms with Crippen LogP contribution in [0.15, 0.2) is 12.1 Å². The second-order valence-corrected chi connectivity index (χ2v) is 5.31. The third-order valence-corrected chi connectivity index (χ3v) is 3.55. The molecular weight excluding hydrogens is 252 g/mol. The molecule has 1 atom stereocenters. The molecule has 112 valence electrons. The number of aryl methyl sites for hydroxylation is 1. The number of rotatable bonds is 8. The van der Waals surface area contributed by atoms with Crippen LogP contribution in [0.2, 0.25) is 0 Å². The highest BCUT2D eigenvalue weighted by atomic mass is 16.4. The Labute approximate surface area is 121 Å². The highest BCUT2D eigenvalue weighted by molar-refractivity contribution is 5.88. The van der Waals surface area contributed by atoms with Crippen LogP contribution in [-0.2, 0) is 6.42 Å². The van der Waals surface area contributed by atoms with Crippen LogP contribution in [-0.4, -0.2) is 29.1 Å². The summed E-state index contributed by atoms with van der Waals surface area (Å²) in [4.78, 5) is 18.0. The number of pyridine rings is 1. The van der Waals surface area contributed by atoms with Gasteiger partial charge in [0.1, 0.15) is 5.82 Å². The maximum atomic E-state index is 11.3. The average Bonchev–Trinajstić information content (AvgIpc) is 2.44. The van der Waals surface area contributed by atoms with E-state index in [1.165, 1.54) is 0 Å². The summed E-state index contributed by atoms with van der Waals surface area (Å²) < 4.78 is 0. The Bertz CT molecular complexity index is 446. The number of carboxylic acid groups (broad SMARTS) is 1. The van der Waals surface area contributed by atoms with Gasteiger partial charge in [-0.15, -0.1) is 0 Å². The van der Waals surface area contributed by atoms with E-state index >= 15 is 0 Å². The first-order chi connectivity index (χ1) is 9.51. The van der Waals surface area contributed by atoms with Crippen molar-refractivity contribution in [3.8, 4) is 0 Å². The van der Waals surface area contributed by atoms with Gasteiger partial charge < -0.3 is 10.0 Å². The molecule has 0 aromatic carbocycles. The van der Waals surface area contributed by atoms with E-state index in [2.05, 4.69) is 37.6 Å². The Morgan fingerprint density at radius 2 is 2.05 bits per heavy atom. The molecule has 0 aliphatic carbocycles. The Morgan fingerprint density at radius 1 is 1.35 bits per heavy atom. The van der Waals surface area contributed by atoms with Crippen LogP contribution in [0.25, 0.3) is 0 Å². The van der Waals surface area contributed by atoms with E-state index in [0.29, 0.717) is 11.5 Å². The van der Waals surface area contributed by atoms with Gasteiger partial charge in [-0.2, -0.15) is 0 Å². The molecule has 0 bridgehead atoms. The molecule has 0 spiro atoms. The number of carbonyl (C=O) groups is 1. The summed E-state index contributed by atoms with van der Waals surface area (Å²) in [5.41, 5.74) is 1.20. The molecule has 0 aliphatic rings. The minimum atomic E-state index is -0.884. The molecule has 1 N–H and O–H groups in total. The summed E-state index contributed by atoms with van der Waals surface area (Å²) in [6.07, 6.45) is 2.89. The Morgan fingerprint density at radius 3 is 2.55 bits per heavy atom. The van der Waals surface area contributed by atoms with Crippen molar-refractivity contribution in [1.82, 2.24) is 4.98 Å². The lowest BCUT2D eigenvalue weighted by Gasteiger charge is -2.25. The number of carboxylic acids is 1. The molecule has 4 nitrogen and oxygen atoms in total. The largest absolute Gasteiger partial charge is 0.478 e. The lowest BCUT2D eigenvalue weighted by Crippen LogP contribution is -2.29. The lowest BCUT2D eigenvalue weighted by atomic mass is 10.1. The van der Waals surface area contributed by atoms with Crippen molar-refractivity contribution in [3.05, 3.63) is 23.4 Å². The number of aromatic nitrogens is 1. The van der Waals surface area contributed by atoms with E-state index in [0.717, 1.165) is 43.9 Å². The highest BCUT2D eigenvalue weighted by Gasteiger charge is 2.14. The van der Waals surface area contributed by atoms with Gasteiger partial charge in [0.25, 0.3) is 0 Å². The van der Waals surface area contributed by atoms with Crippen LogP contribution in [0.5, 0.6) is 0 Å². The Hall–Kier alpha value is -1.58. The summed E-state index contributed by atoms with van der Waals surface area (Å²) in [6, 6.07) is 3.37. The SMILES string of the molecule is CCCc1cc(C(=O)O)cc(N(CC)CC(C)CC)n1. The molecule has 0 radical (unpaired) electrons. The number of nitrogens with zero attached hydrogens (tertiary/aromatic N) is 2. The molecule has 0 aliphatic heterocycles. The van der Waals surface area contributed by atoms with E-state index in [4.69, 9.17) is 0 Å². The lowest BCUT2D eigenvalue weighted by molar-refractivity contribution is 0.0696. The van der Waals surface area contributed by atoms with Gasteiger partial charge in [0.05, 0.1) is 5.56 Å². The highest BCUT2D eigenvalue weighted by Crippen LogP contribution is 2.18. The molecule has 0 amide bonds. The minimum Gasteiger partial charge on any atom is -0.478 e. The number of anilines is 1. The van der Waals surface area contributed by atoms with Crippen molar-refractivity contribution >= 4 is 11.8 Å². The van der Waals surface area contributed by atoms with Gasteiger partial charge in [0.2, 0.25) is 0 Å². The molecule has 1 rings (SSSR count). The van der Waals surface area contributed by atoms with Crippen LogP contribution in [0.3, 0.4) is 0 Å². The van der Waals surface area contributed by atoms with Crippen molar-refractivity contribution in [2.24, 2.45) is 5.92 Å². The van der Waals surface area contributed by atoms with Gasteiger partial charge in [-0.3, -0.25) is 0 Å². The fraction of sp³-hybridized carbons (Fsp3) is 0.625. The molecule has 1 aromatic rings. The minimum absolute atomic E-state index is 0.334. The van der Waals surface area contributed by atoms with Crippen molar-refractivity contribution in [2.75, 3.05) is 18.0 Å². The van der Waals surface area contributed by atoms with Crippen molar-refractivity contribution < 1.29 is 9.90 Å². The van der Waals surface area contributed by atoms with Gasteiger partial charge in [0, 0.05) is 18.8 Å². The van der Waals surface area contributed by atoms with Gasteiger partial charge in [-0.25, -0.2) is 9.78 Å². The van der Waals surface area contributed by atoms with Gasteiger partial charge >= 0.3 is 5.97 Å². The van der Waals surface area contributed by atoms with Crippen LogP contribution in [0, 0.1) is 5.92 Å². The third-order valence-electron chi connectivity index (χ3n) is 3.55. The van der Waals surface area contributed by atoms with E-state index in [1.54, 1.807) is 12.1 Å². The van der Waals surface area contributed by atoms with E-state index in [9.17, 15) is 9.90 Å². The quantitative estimate of drug-likeness (QED) is 0.789. The molecular formula is C16H26N2O2. The van der Waals surface area contributed by atoms with E-state index < -0.39 is 5.97 Å². The summed E-state index contributed by atoms with van der Waals surface area (Å²) in [7, 11) is 0.